The number of hydrogen-bond acceptors (Lipinski definition) is 0. The highest BCUT2D eigenvalue weighted by Crippen LogP contribution is 2.56. The summed E-state index contributed by atoms with van der Waals surface area (Å²) in [5.74, 6) is 0. The molecule has 0 heteroatoms. The fraction of sp³-hybridized carbons (Fsp3) is 0.158. The van der Waals surface area contributed by atoms with Crippen LogP contribution in [0.5, 0.6) is 0 Å². The molecule has 0 bridgehead atoms. The molecule has 0 saturated carbocycles. The third-order valence-electron chi connectivity index (χ3n) is 9.87. The predicted molar refractivity (Wildman–Crippen MR) is 164 cm³/mol. The first-order valence-corrected chi connectivity index (χ1v) is 13.8. The van der Waals surface area contributed by atoms with Crippen LogP contribution in [0.15, 0.2) is 103 Å². The molecule has 8 aromatic carbocycles. The maximum Gasteiger partial charge on any atom is 0.0195 e. The predicted octanol–water partition coefficient (Wildman–Crippen LogP) is 10.5. The second-order valence-corrected chi connectivity index (χ2v) is 12.5. The van der Waals surface area contributed by atoms with Crippen molar-refractivity contribution >= 4 is 64.6 Å². The van der Waals surface area contributed by atoms with Gasteiger partial charge >= 0.3 is 0 Å². The Labute approximate surface area is 222 Å². The van der Waals surface area contributed by atoms with Crippen molar-refractivity contribution in [1.82, 2.24) is 0 Å². The summed E-state index contributed by atoms with van der Waals surface area (Å²) in [6, 6.07) is 39.5. The van der Waals surface area contributed by atoms with Gasteiger partial charge in [-0.1, -0.05) is 118 Å². The van der Waals surface area contributed by atoms with E-state index in [0.717, 1.165) is 6.42 Å². The zero-order valence-electron chi connectivity index (χ0n) is 22.0. The van der Waals surface area contributed by atoms with Gasteiger partial charge in [0.1, 0.15) is 0 Å². The zero-order chi connectivity index (χ0) is 25.4. The van der Waals surface area contributed by atoms with E-state index >= 15 is 0 Å². The summed E-state index contributed by atoms with van der Waals surface area (Å²) >= 11 is 0. The summed E-state index contributed by atoms with van der Waals surface area (Å²) in [4.78, 5) is 0. The Bertz CT molecular complexity index is 2230. The Hall–Kier alpha value is -4.16. The quantitative estimate of drug-likeness (QED) is 0.203. The molecule has 180 valence electrons. The van der Waals surface area contributed by atoms with Gasteiger partial charge < -0.3 is 0 Å². The topological polar surface area (TPSA) is 0 Å². The number of rotatable bonds is 1. The highest BCUT2D eigenvalue weighted by Gasteiger charge is 2.44. The summed E-state index contributed by atoms with van der Waals surface area (Å²) in [6.07, 6.45) is 1.08. The van der Waals surface area contributed by atoms with E-state index in [9.17, 15) is 0 Å². The van der Waals surface area contributed by atoms with Crippen LogP contribution in [-0.2, 0) is 10.8 Å². The Morgan fingerprint density at radius 2 is 0.921 bits per heavy atom. The van der Waals surface area contributed by atoms with Crippen molar-refractivity contribution in [1.29, 1.82) is 0 Å². The molecule has 1 unspecified atom stereocenters. The van der Waals surface area contributed by atoms with Crippen LogP contribution >= 0.6 is 0 Å². The van der Waals surface area contributed by atoms with E-state index in [1.165, 1.54) is 81.3 Å². The monoisotopic (exact) mass is 484 g/mol. The SMILES string of the molecule is CC1(C)CC(C)(c2ccc3ccc4cccc5ccc2c3c45)c2cc3cccc4ccc5ccc1c2c5c43. The van der Waals surface area contributed by atoms with Gasteiger partial charge in [-0.3, -0.25) is 0 Å². The molecule has 1 aliphatic rings. The lowest BCUT2D eigenvalue weighted by Crippen LogP contribution is -2.37. The Balaban J connectivity index is 1.48. The van der Waals surface area contributed by atoms with Crippen LogP contribution in [0.25, 0.3) is 64.6 Å². The Morgan fingerprint density at radius 1 is 0.421 bits per heavy atom. The summed E-state index contributed by atoms with van der Waals surface area (Å²) in [7, 11) is 0. The van der Waals surface area contributed by atoms with Gasteiger partial charge in [-0.25, -0.2) is 0 Å². The second kappa shape index (κ2) is 6.63. The summed E-state index contributed by atoms with van der Waals surface area (Å²) < 4.78 is 0. The van der Waals surface area contributed by atoms with Gasteiger partial charge in [0.15, 0.2) is 0 Å². The van der Waals surface area contributed by atoms with Crippen molar-refractivity contribution in [3.63, 3.8) is 0 Å². The summed E-state index contributed by atoms with van der Waals surface area (Å²) in [6.45, 7) is 7.43. The van der Waals surface area contributed by atoms with E-state index in [1.807, 2.05) is 0 Å². The van der Waals surface area contributed by atoms with Crippen molar-refractivity contribution in [2.24, 2.45) is 0 Å². The van der Waals surface area contributed by atoms with E-state index in [2.05, 4.69) is 124 Å². The van der Waals surface area contributed by atoms with Crippen molar-refractivity contribution in [2.45, 2.75) is 38.0 Å². The van der Waals surface area contributed by atoms with E-state index in [-0.39, 0.29) is 10.8 Å². The lowest BCUT2D eigenvalue weighted by atomic mass is 9.57. The fourth-order valence-corrected chi connectivity index (χ4v) is 8.38. The molecule has 0 aliphatic heterocycles. The van der Waals surface area contributed by atoms with Crippen LogP contribution in [0.1, 0.15) is 43.9 Å². The highest BCUT2D eigenvalue weighted by molar-refractivity contribution is 6.26. The molecule has 1 aliphatic carbocycles. The smallest absolute Gasteiger partial charge is 0.0195 e. The minimum absolute atomic E-state index is 0.0496. The fourth-order valence-electron chi connectivity index (χ4n) is 8.38. The maximum absolute atomic E-state index is 2.53. The Kier molecular flexibility index (Phi) is 3.64. The Morgan fingerprint density at radius 3 is 1.61 bits per heavy atom. The average Bonchev–Trinajstić information content (AvgIpc) is 2.93. The van der Waals surface area contributed by atoms with Crippen molar-refractivity contribution in [3.8, 4) is 0 Å². The zero-order valence-corrected chi connectivity index (χ0v) is 22.0. The van der Waals surface area contributed by atoms with Gasteiger partial charge in [0.05, 0.1) is 0 Å². The molecule has 0 N–H and O–H groups in total. The van der Waals surface area contributed by atoms with Gasteiger partial charge in [-0.2, -0.15) is 0 Å². The maximum atomic E-state index is 2.53. The van der Waals surface area contributed by atoms with Crippen LogP contribution in [0, 0.1) is 0 Å². The minimum atomic E-state index is -0.122. The van der Waals surface area contributed by atoms with Crippen molar-refractivity contribution in [2.75, 3.05) is 0 Å². The average molecular weight is 485 g/mol. The van der Waals surface area contributed by atoms with Crippen LogP contribution in [0.3, 0.4) is 0 Å². The molecular weight excluding hydrogens is 456 g/mol. The molecule has 0 heterocycles. The summed E-state index contributed by atoms with van der Waals surface area (Å²) in [5, 5.41) is 16.6. The van der Waals surface area contributed by atoms with Gasteiger partial charge in [-0.05, 0) is 99.2 Å². The van der Waals surface area contributed by atoms with Crippen LogP contribution < -0.4 is 0 Å². The first kappa shape index (κ1) is 20.8. The first-order chi connectivity index (χ1) is 18.4. The van der Waals surface area contributed by atoms with Gasteiger partial charge in [0, 0.05) is 5.41 Å². The molecule has 0 fully saturated rings. The molecule has 38 heavy (non-hydrogen) atoms. The van der Waals surface area contributed by atoms with Gasteiger partial charge in [0.2, 0.25) is 0 Å². The number of hydrogen-bond donors (Lipinski definition) is 0. The molecule has 0 spiro atoms. The molecule has 0 amide bonds. The standard InChI is InChI=1S/C38H28/c1-37(2)21-38(3,29-18-15-25-12-10-22-6-4-7-24-14-17-28(29)34(25)32(22)24)31-20-27-9-5-8-23-11-13-26-16-19-30(37)36(31)35(26)33(23)27/h4-20H,21H2,1-3H3. The van der Waals surface area contributed by atoms with E-state index in [4.69, 9.17) is 0 Å². The first-order valence-electron chi connectivity index (χ1n) is 13.8. The van der Waals surface area contributed by atoms with Crippen molar-refractivity contribution < 1.29 is 0 Å². The molecule has 9 rings (SSSR count). The van der Waals surface area contributed by atoms with E-state index in [1.54, 1.807) is 0 Å². The molecule has 1 atom stereocenters. The third kappa shape index (κ3) is 2.38. The van der Waals surface area contributed by atoms with E-state index < -0.39 is 0 Å². The van der Waals surface area contributed by atoms with Gasteiger partial charge in [-0.15, -0.1) is 0 Å². The molecule has 0 aromatic heterocycles. The highest BCUT2D eigenvalue weighted by atomic mass is 14.5. The lowest BCUT2D eigenvalue weighted by molar-refractivity contribution is 0.364. The molecule has 0 saturated heterocycles. The van der Waals surface area contributed by atoms with Crippen molar-refractivity contribution in [3.05, 3.63) is 120 Å². The second-order valence-electron chi connectivity index (χ2n) is 12.5. The number of benzene rings is 8. The van der Waals surface area contributed by atoms with Gasteiger partial charge in [0.25, 0.3) is 0 Å². The van der Waals surface area contributed by atoms with Crippen LogP contribution in [0.2, 0.25) is 0 Å². The molecule has 0 radical (unpaired) electrons. The summed E-state index contributed by atoms with van der Waals surface area (Å²) in [5.41, 5.74) is 4.36. The molecule has 8 aromatic rings. The normalized spacial score (nSPS) is 19.1. The molecule has 0 nitrogen and oxygen atoms in total. The van der Waals surface area contributed by atoms with E-state index in [0.29, 0.717) is 0 Å². The largest absolute Gasteiger partial charge is 0.0610 e. The lowest BCUT2D eigenvalue weighted by Gasteiger charge is -2.46. The van der Waals surface area contributed by atoms with Crippen LogP contribution in [-0.4, -0.2) is 0 Å². The minimum Gasteiger partial charge on any atom is -0.0610 e. The van der Waals surface area contributed by atoms with Crippen LogP contribution in [0.4, 0.5) is 0 Å². The third-order valence-corrected chi connectivity index (χ3v) is 9.87. The molecular formula is C38H28.